The van der Waals surface area contributed by atoms with Gasteiger partial charge in [0.1, 0.15) is 12.0 Å². The van der Waals surface area contributed by atoms with Crippen LogP contribution in [0.2, 0.25) is 0 Å². The zero-order valence-corrected chi connectivity index (χ0v) is 10.0. The maximum atomic E-state index is 5.03. The number of aromatic nitrogens is 2. The summed E-state index contributed by atoms with van der Waals surface area (Å²) in [5.74, 6) is 1.10. The first-order valence-electron chi connectivity index (χ1n) is 5.39. The first kappa shape index (κ1) is 11.2. The molecular weight excluding hydrogens is 220 g/mol. The van der Waals surface area contributed by atoms with Crippen molar-refractivity contribution in [2.75, 3.05) is 5.75 Å². The van der Waals surface area contributed by atoms with Crippen LogP contribution >= 0.6 is 11.8 Å². The first-order valence-corrected chi connectivity index (χ1v) is 6.38. The summed E-state index contributed by atoms with van der Waals surface area (Å²) in [7, 11) is 0. The highest BCUT2D eigenvalue weighted by Gasteiger charge is 2.10. The van der Waals surface area contributed by atoms with Gasteiger partial charge in [-0.3, -0.25) is 4.98 Å². The highest BCUT2D eigenvalue weighted by Crippen LogP contribution is 2.30. The third-order valence-electron chi connectivity index (χ3n) is 2.23. The summed E-state index contributed by atoms with van der Waals surface area (Å²) >= 11 is 1.79. The molecule has 0 saturated heterocycles. The lowest BCUT2D eigenvalue weighted by Gasteiger charge is -1.99. The zero-order valence-electron chi connectivity index (χ0n) is 9.22. The van der Waals surface area contributed by atoms with Crippen molar-refractivity contribution in [2.45, 2.75) is 24.7 Å². The Labute approximate surface area is 99.3 Å². The van der Waals surface area contributed by atoms with Gasteiger partial charge in [-0.2, -0.15) is 0 Å². The minimum Gasteiger partial charge on any atom is -0.363 e. The van der Waals surface area contributed by atoms with Crippen LogP contribution in [0.25, 0.3) is 11.3 Å². The quantitative estimate of drug-likeness (QED) is 0.585. The summed E-state index contributed by atoms with van der Waals surface area (Å²) in [5, 5.41) is 4.03. The third-order valence-corrected chi connectivity index (χ3v) is 3.32. The molecule has 0 saturated carbocycles. The van der Waals surface area contributed by atoms with Crippen LogP contribution in [0.15, 0.2) is 40.2 Å². The van der Waals surface area contributed by atoms with Crippen molar-refractivity contribution in [3.05, 3.63) is 30.8 Å². The average Bonchev–Trinajstić information content (AvgIpc) is 2.79. The van der Waals surface area contributed by atoms with Gasteiger partial charge in [0.2, 0.25) is 0 Å². The molecule has 3 nitrogen and oxygen atoms in total. The highest BCUT2D eigenvalue weighted by molar-refractivity contribution is 7.99. The lowest BCUT2D eigenvalue weighted by molar-refractivity contribution is 0.420. The van der Waals surface area contributed by atoms with E-state index in [0.29, 0.717) is 0 Å². The van der Waals surface area contributed by atoms with Crippen LogP contribution in [0.5, 0.6) is 0 Å². The van der Waals surface area contributed by atoms with E-state index in [4.69, 9.17) is 4.52 Å². The standard InChI is InChI=1S/C12H14N2OS/c1-2-3-7-16-11-9-15-14-12(11)10-5-4-6-13-8-10/h4-6,8-9H,2-3,7H2,1H3. The average molecular weight is 234 g/mol. The molecule has 0 radical (unpaired) electrons. The van der Waals surface area contributed by atoms with Gasteiger partial charge < -0.3 is 4.52 Å². The topological polar surface area (TPSA) is 38.9 Å². The Morgan fingerprint density at radius 1 is 1.44 bits per heavy atom. The zero-order chi connectivity index (χ0) is 11.2. The SMILES string of the molecule is CCCCSc1conc1-c1cccnc1. The molecule has 2 aromatic heterocycles. The second-order valence-corrected chi connectivity index (χ2v) is 4.61. The molecule has 0 fully saturated rings. The first-order chi connectivity index (χ1) is 7.92. The van der Waals surface area contributed by atoms with Crippen molar-refractivity contribution in [1.29, 1.82) is 0 Å². The van der Waals surface area contributed by atoms with E-state index in [-0.39, 0.29) is 0 Å². The molecule has 0 bridgehead atoms. The van der Waals surface area contributed by atoms with E-state index in [9.17, 15) is 0 Å². The molecule has 0 unspecified atom stereocenters. The van der Waals surface area contributed by atoms with Gasteiger partial charge in [0, 0.05) is 18.0 Å². The summed E-state index contributed by atoms with van der Waals surface area (Å²) in [6, 6.07) is 3.90. The van der Waals surface area contributed by atoms with Crippen molar-refractivity contribution in [3.8, 4) is 11.3 Å². The normalized spacial score (nSPS) is 10.6. The fraction of sp³-hybridized carbons (Fsp3) is 0.333. The molecule has 0 aromatic carbocycles. The van der Waals surface area contributed by atoms with Crippen LogP contribution in [0.3, 0.4) is 0 Å². The summed E-state index contributed by atoms with van der Waals surface area (Å²) in [4.78, 5) is 5.19. The minimum atomic E-state index is 0.897. The van der Waals surface area contributed by atoms with Crippen molar-refractivity contribution < 1.29 is 4.52 Å². The van der Waals surface area contributed by atoms with Crippen LogP contribution in [0.1, 0.15) is 19.8 Å². The van der Waals surface area contributed by atoms with E-state index in [0.717, 1.165) is 21.9 Å². The third kappa shape index (κ3) is 2.64. The van der Waals surface area contributed by atoms with E-state index >= 15 is 0 Å². The number of thioether (sulfide) groups is 1. The molecule has 0 aliphatic carbocycles. The monoisotopic (exact) mass is 234 g/mol. The van der Waals surface area contributed by atoms with E-state index in [1.165, 1.54) is 12.8 Å². The van der Waals surface area contributed by atoms with Crippen molar-refractivity contribution >= 4 is 11.8 Å². The predicted octanol–water partition coefficient (Wildman–Crippen LogP) is 3.63. The molecule has 0 amide bonds. The number of hydrogen-bond donors (Lipinski definition) is 0. The molecule has 0 atom stereocenters. The molecule has 4 heteroatoms. The van der Waals surface area contributed by atoms with Gasteiger partial charge >= 0.3 is 0 Å². The Bertz CT molecular complexity index is 428. The molecule has 2 heterocycles. The van der Waals surface area contributed by atoms with Crippen molar-refractivity contribution in [1.82, 2.24) is 10.1 Å². The fourth-order valence-corrected chi connectivity index (χ4v) is 2.41. The van der Waals surface area contributed by atoms with Crippen LogP contribution in [0, 0.1) is 0 Å². The van der Waals surface area contributed by atoms with E-state index < -0.39 is 0 Å². The van der Waals surface area contributed by atoms with E-state index in [1.54, 1.807) is 24.2 Å². The largest absolute Gasteiger partial charge is 0.363 e. The Balaban J connectivity index is 2.13. The van der Waals surface area contributed by atoms with Crippen LogP contribution in [-0.2, 0) is 0 Å². The van der Waals surface area contributed by atoms with Crippen molar-refractivity contribution in [2.24, 2.45) is 0 Å². The minimum absolute atomic E-state index is 0.897. The van der Waals surface area contributed by atoms with E-state index in [2.05, 4.69) is 17.1 Å². The molecule has 0 N–H and O–H groups in total. The smallest absolute Gasteiger partial charge is 0.138 e. The van der Waals surface area contributed by atoms with Gasteiger partial charge in [-0.05, 0) is 24.3 Å². The molecule has 2 rings (SSSR count). The number of pyridine rings is 1. The predicted molar refractivity (Wildman–Crippen MR) is 65.4 cm³/mol. The highest BCUT2D eigenvalue weighted by atomic mass is 32.2. The van der Waals surface area contributed by atoms with Gasteiger partial charge in [-0.25, -0.2) is 0 Å². The molecule has 0 spiro atoms. The molecule has 2 aromatic rings. The summed E-state index contributed by atoms with van der Waals surface area (Å²) in [6.07, 6.45) is 7.70. The summed E-state index contributed by atoms with van der Waals surface area (Å²) in [6.45, 7) is 2.19. The van der Waals surface area contributed by atoms with Crippen molar-refractivity contribution in [3.63, 3.8) is 0 Å². The van der Waals surface area contributed by atoms with Crippen LogP contribution in [-0.4, -0.2) is 15.9 Å². The summed E-state index contributed by atoms with van der Waals surface area (Å²) < 4.78 is 5.03. The van der Waals surface area contributed by atoms with Gasteiger partial charge in [0.25, 0.3) is 0 Å². The second-order valence-electron chi connectivity index (χ2n) is 3.47. The maximum Gasteiger partial charge on any atom is 0.138 e. The maximum absolute atomic E-state index is 5.03. The Kier molecular flexibility index (Phi) is 3.99. The molecule has 16 heavy (non-hydrogen) atoms. The Morgan fingerprint density at radius 3 is 3.12 bits per heavy atom. The Morgan fingerprint density at radius 2 is 2.38 bits per heavy atom. The molecule has 0 aliphatic rings. The lowest BCUT2D eigenvalue weighted by Crippen LogP contribution is -1.83. The van der Waals surface area contributed by atoms with Gasteiger partial charge in [-0.15, -0.1) is 11.8 Å². The summed E-state index contributed by atoms with van der Waals surface area (Å²) in [5.41, 5.74) is 1.91. The molecule has 0 aliphatic heterocycles. The lowest BCUT2D eigenvalue weighted by atomic mass is 10.2. The number of unbranched alkanes of at least 4 members (excludes halogenated alkanes) is 1. The molecule has 84 valence electrons. The molecular formula is C12H14N2OS. The number of rotatable bonds is 5. The van der Waals surface area contributed by atoms with E-state index in [1.807, 2.05) is 18.3 Å². The number of hydrogen-bond acceptors (Lipinski definition) is 4. The fourth-order valence-electron chi connectivity index (χ4n) is 1.35. The van der Waals surface area contributed by atoms with Gasteiger partial charge in [0.05, 0.1) is 4.90 Å². The van der Waals surface area contributed by atoms with Gasteiger partial charge in [-0.1, -0.05) is 18.5 Å². The Hall–Kier alpha value is -1.29. The van der Waals surface area contributed by atoms with Gasteiger partial charge in [0.15, 0.2) is 0 Å². The van der Waals surface area contributed by atoms with Crippen LogP contribution < -0.4 is 0 Å². The number of nitrogens with zero attached hydrogens (tertiary/aromatic N) is 2. The van der Waals surface area contributed by atoms with Crippen LogP contribution in [0.4, 0.5) is 0 Å². The second kappa shape index (κ2) is 5.70.